The lowest BCUT2D eigenvalue weighted by atomic mass is 10.4. The van der Waals surface area contributed by atoms with Crippen LogP contribution in [0.15, 0.2) is 18.6 Å². The van der Waals surface area contributed by atoms with Gasteiger partial charge >= 0.3 is 0 Å². The minimum atomic E-state index is 0.672. The first kappa shape index (κ1) is 7.81. The third-order valence-electron chi connectivity index (χ3n) is 1.70. The fourth-order valence-electron chi connectivity index (χ4n) is 1.21. The van der Waals surface area contributed by atoms with Gasteiger partial charge in [-0.25, -0.2) is 9.97 Å². The van der Waals surface area contributed by atoms with Crippen molar-refractivity contribution in [2.75, 3.05) is 0 Å². The van der Waals surface area contributed by atoms with E-state index >= 15 is 0 Å². The van der Waals surface area contributed by atoms with Crippen molar-refractivity contribution in [3.8, 4) is 11.8 Å². The second kappa shape index (κ2) is 2.91. The number of hydrogen-bond acceptors (Lipinski definition) is 2. The van der Waals surface area contributed by atoms with E-state index in [1.165, 1.54) is 0 Å². The maximum atomic E-state index is 4.30. The Bertz CT molecular complexity index is 500. The highest BCUT2D eigenvalue weighted by atomic mass is 15.0. The molecule has 0 unspecified atom stereocenters. The minimum Gasteiger partial charge on any atom is -0.303 e. The van der Waals surface area contributed by atoms with Gasteiger partial charge in [0.05, 0.1) is 5.69 Å². The fraction of sp³-hybridized carbons (Fsp3) is 0.100. The summed E-state index contributed by atoms with van der Waals surface area (Å²) in [5.74, 6) is 5.38. The van der Waals surface area contributed by atoms with E-state index in [1.54, 1.807) is 6.20 Å². The first-order valence-corrected chi connectivity index (χ1v) is 3.89. The first-order chi connectivity index (χ1) is 6.31. The molecule has 0 fully saturated rings. The molecule has 2 heterocycles. The van der Waals surface area contributed by atoms with E-state index < -0.39 is 0 Å². The highest BCUT2D eigenvalue weighted by Crippen LogP contribution is 2.06. The van der Waals surface area contributed by atoms with E-state index in [9.17, 15) is 0 Å². The number of rotatable bonds is 0. The van der Waals surface area contributed by atoms with Gasteiger partial charge in [0, 0.05) is 25.5 Å². The normalized spacial score (nSPS) is 9.69. The van der Waals surface area contributed by atoms with Crippen LogP contribution in [0.3, 0.4) is 0 Å². The van der Waals surface area contributed by atoms with Crippen LogP contribution in [-0.2, 0) is 0 Å². The lowest BCUT2D eigenvalue weighted by Crippen LogP contribution is -1.90. The van der Waals surface area contributed by atoms with Gasteiger partial charge in [0.1, 0.15) is 0 Å². The maximum Gasteiger partial charge on any atom is 0.171 e. The molecule has 0 amide bonds. The van der Waals surface area contributed by atoms with Gasteiger partial charge in [-0.3, -0.25) is 0 Å². The van der Waals surface area contributed by atoms with Crippen LogP contribution in [-0.4, -0.2) is 14.4 Å². The summed E-state index contributed by atoms with van der Waals surface area (Å²) in [6.07, 6.45) is 5.49. The summed E-state index contributed by atoms with van der Waals surface area (Å²) >= 11 is 0. The van der Waals surface area contributed by atoms with Crippen molar-refractivity contribution < 1.29 is 0 Å². The van der Waals surface area contributed by atoms with Crippen LogP contribution in [0.4, 0.5) is 0 Å². The molecule has 2 rings (SSSR count). The molecule has 0 atom stereocenters. The highest BCUT2D eigenvalue weighted by molar-refractivity contribution is 5.53. The molecule has 0 N–H and O–H groups in total. The Balaban J connectivity index is 2.79. The molecule has 0 aliphatic heterocycles. The number of hydrogen-bond donors (Lipinski definition) is 0. The smallest absolute Gasteiger partial charge is 0.171 e. The summed E-state index contributed by atoms with van der Waals surface area (Å²) < 4.78 is 1.90. The Hall–Kier alpha value is -1.82. The summed E-state index contributed by atoms with van der Waals surface area (Å²) in [7, 11) is 0. The largest absolute Gasteiger partial charge is 0.303 e. The van der Waals surface area contributed by atoms with Gasteiger partial charge in [-0.05, 0) is 12.8 Å². The van der Waals surface area contributed by atoms with Crippen molar-refractivity contribution in [1.29, 1.82) is 0 Å². The zero-order valence-corrected chi connectivity index (χ0v) is 7.28. The lowest BCUT2D eigenvalue weighted by Gasteiger charge is -1.92. The molecule has 0 spiro atoms. The molecule has 0 aliphatic rings. The number of nitrogens with zero attached hydrogens (tertiary/aromatic N) is 3. The monoisotopic (exact) mass is 170 g/mol. The van der Waals surface area contributed by atoms with Crippen molar-refractivity contribution in [1.82, 2.24) is 14.4 Å². The minimum absolute atomic E-state index is 0.672. The van der Waals surface area contributed by atoms with Gasteiger partial charge in [0.25, 0.3) is 0 Å². The number of aromatic nitrogens is 3. The van der Waals surface area contributed by atoms with Crippen molar-refractivity contribution in [3.63, 3.8) is 0 Å². The van der Waals surface area contributed by atoms with Crippen LogP contribution in [0, 0.1) is 25.7 Å². The Morgan fingerprint density at radius 2 is 2.38 bits per heavy atom. The van der Waals surface area contributed by atoms with Crippen molar-refractivity contribution in [3.05, 3.63) is 36.9 Å². The first-order valence-electron chi connectivity index (χ1n) is 3.89. The van der Waals surface area contributed by atoms with Gasteiger partial charge in [0.2, 0.25) is 0 Å². The van der Waals surface area contributed by atoms with Crippen LogP contribution >= 0.6 is 0 Å². The zero-order chi connectivity index (χ0) is 9.26. The predicted octanol–water partition coefficient (Wildman–Crippen LogP) is 1.22. The predicted molar refractivity (Wildman–Crippen MR) is 50.0 cm³/mol. The maximum absolute atomic E-state index is 4.30. The topological polar surface area (TPSA) is 30.2 Å². The number of aryl methyl sites for hydroxylation is 1. The molecule has 0 saturated carbocycles. The third-order valence-corrected chi connectivity index (χ3v) is 1.70. The fourth-order valence-corrected chi connectivity index (χ4v) is 1.21. The average molecular weight is 170 g/mol. The second-order valence-electron chi connectivity index (χ2n) is 2.69. The van der Waals surface area contributed by atoms with E-state index in [0.29, 0.717) is 5.69 Å². The molecular weight excluding hydrogens is 162 g/mol. The summed E-state index contributed by atoms with van der Waals surface area (Å²) in [4.78, 5) is 8.41. The SMILES string of the molecule is [CH2]C#Cc1nccn2cc(C)nc12. The molecular formula is C10H8N3. The van der Waals surface area contributed by atoms with Gasteiger partial charge in [0.15, 0.2) is 11.3 Å². The second-order valence-corrected chi connectivity index (χ2v) is 2.69. The molecule has 3 heteroatoms. The summed E-state index contributed by atoms with van der Waals surface area (Å²) in [6, 6.07) is 0. The van der Waals surface area contributed by atoms with Crippen molar-refractivity contribution >= 4 is 5.65 Å². The van der Waals surface area contributed by atoms with Crippen LogP contribution in [0.25, 0.3) is 5.65 Å². The van der Waals surface area contributed by atoms with Crippen molar-refractivity contribution in [2.45, 2.75) is 6.92 Å². The number of fused-ring (bicyclic) bond motifs is 1. The summed E-state index contributed by atoms with van der Waals surface area (Å²) in [5, 5.41) is 0. The van der Waals surface area contributed by atoms with Crippen molar-refractivity contribution in [2.24, 2.45) is 0 Å². The zero-order valence-electron chi connectivity index (χ0n) is 7.28. The lowest BCUT2D eigenvalue weighted by molar-refractivity contribution is 1.11. The van der Waals surface area contributed by atoms with Gasteiger partial charge < -0.3 is 4.40 Å². The Morgan fingerprint density at radius 1 is 1.54 bits per heavy atom. The molecule has 1 radical (unpaired) electrons. The molecule has 0 aliphatic carbocycles. The van der Waals surface area contributed by atoms with E-state index in [-0.39, 0.29) is 0 Å². The molecule has 2 aromatic heterocycles. The van der Waals surface area contributed by atoms with Crippen LogP contribution in [0.5, 0.6) is 0 Å². The van der Waals surface area contributed by atoms with Gasteiger partial charge in [-0.15, -0.1) is 0 Å². The van der Waals surface area contributed by atoms with Gasteiger partial charge in [-0.2, -0.15) is 0 Å². The van der Waals surface area contributed by atoms with E-state index in [2.05, 4.69) is 28.7 Å². The van der Waals surface area contributed by atoms with E-state index in [0.717, 1.165) is 11.3 Å². The quantitative estimate of drug-likeness (QED) is 0.556. The van der Waals surface area contributed by atoms with E-state index in [1.807, 2.05) is 23.7 Å². The Morgan fingerprint density at radius 3 is 3.15 bits per heavy atom. The highest BCUT2D eigenvalue weighted by Gasteiger charge is 2.01. The standard InChI is InChI=1S/C10H8N3/c1-3-4-9-10-12-8(2)7-13(10)6-5-11-9/h5-7H,1H2,2H3. The number of imidazole rings is 1. The third kappa shape index (κ3) is 1.27. The molecule has 0 bridgehead atoms. The van der Waals surface area contributed by atoms with E-state index in [4.69, 9.17) is 0 Å². The molecule has 0 saturated heterocycles. The Labute approximate surface area is 76.4 Å². The average Bonchev–Trinajstić information content (AvgIpc) is 2.47. The molecule has 63 valence electrons. The molecule has 2 aromatic rings. The molecule has 3 nitrogen and oxygen atoms in total. The summed E-state index contributed by atoms with van der Waals surface area (Å²) in [5.41, 5.74) is 2.42. The van der Waals surface area contributed by atoms with Gasteiger partial charge in [-0.1, -0.05) is 5.92 Å². The Kier molecular flexibility index (Phi) is 1.75. The molecule has 13 heavy (non-hydrogen) atoms. The van der Waals surface area contributed by atoms with Crippen LogP contribution in [0.1, 0.15) is 11.4 Å². The van der Waals surface area contributed by atoms with Crippen LogP contribution < -0.4 is 0 Å². The van der Waals surface area contributed by atoms with Crippen LogP contribution in [0.2, 0.25) is 0 Å². The summed E-state index contributed by atoms with van der Waals surface area (Å²) in [6.45, 7) is 5.40. The molecule has 0 aromatic carbocycles.